The van der Waals surface area contributed by atoms with Crippen molar-refractivity contribution in [3.05, 3.63) is 444 Å². The Kier molecular flexibility index (Phi) is 57.1. The first-order chi connectivity index (χ1) is 68.7. The van der Waals surface area contributed by atoms with Gasteiger partial charge in [0.05, 0.1) is 30.7 Å². The zero-order valence-electron chi connectivity index (χ0n) is 82.4. The lowest BCUT2D eigenvalue weighted by Crippen LogP contribution is -2.40. The van der Waals surface area contributed by atoms with Crippen LogP contribution in [0.2, 0.25) is 0 Å². The molecular formula is C118H125F12NO13. The summed E-state index contributed by atoms with van der Waals surface area (Å²) in [5, 5.41) is 36.1. The van der Waals surface area contributed by atoms with Gasteiger partial charge in [0.25, 0.3) is 0 Å². The van der Waals surface area contributed by atoms with Gasteiger partial charge in [-0.15, -0.1) is 0 Å². The highest BCUT2D eigenvalue weighted by atomic mass is 19.2. The molecule has 15 rings (SSSR count). The number of aliphatic hydroxyl groups is 3. The van der Waals surface area contributed by atoms with Crippen molar-refractivity contribution >= 4 is 52.7 Å². The third-order valence-electron chi connectivity index (χ3n) is 22.2. The Morgan fingerprint density at radius 2 is 0.847 bits per heavy atom. The standard InChI is InChI=1S/C15H17FO2.C14H17FO2.C13H15FO2.C10H11FO2.C10H9FO.C9H9FO.C9H11F.C8H6FN.C8H9FO.C8H9F.C7H7FO.C7H5FO/c1-3-18-15(17)10(2)13-6-4-5-11-9-12(16)7-8-14(11)13;1-9(10(2)16)14(17)7-3-4-11-8-12(15)5-6-13(11)14;1-9(15)13(10(2)16)7-6-11-4-3-5-12(14)8-11;11-9-5-1-3-8(7-9)4-2-6-10(12)13;11-8-4-5-9-7(6-8)2-1-3-10(9)12;1-7(11)5-8-3-2-4-9(10)6-8;1-2-4-8-5-3-6-9(10)7-8;1-10-6-7-3-2-4-8(9)5-7;9-8-3-1-2-7(6-8)4-5-10;1-2-7-4-3-5-8(9)6-7;2*8-7-3-1-2-6(4-7)5-9/h6-10H,3-5H2,1-2H3;5-6,8-9,17H,3-4,7H2,1-2H3;3-5,8,13H,6-7H2,1-2H3;1,3,5,7H,2,4,6H2,(H,12,13);4-6H,1-3H2;2-4,6H,5H2,1H3;3,5-7H,2,4H2,1H3;2-5H,6H2;1-3,6,10H,4-5H2;3-6H,2H2,1H3;1-4,9H,5H2;1-5H. The molecule has 0 bridgehead atoms. The third-order valence-corrected chi connectivity index (χ3v) is 22.2. The van der Waals surface area contributed by atoms with Gasteiger partial charge in [0.1, 0.15) is 99.2 Å². The van der Waals surface area contributed by atoms with E-state index in [-0.39, 0.29) is 137 Å². The molecule has 0 saturated heterocycles. The minimum Gasteiger partial charge on any atom is -0.481 e. The van der Waals surface area contributed by atoms with Crippen LogP contribution in [-0.2, 0) is 110 Å². The second-order valence-electron chi connectivity index (χ2n) is 33.7. The van der Waals surface area contributed by atoms with Crippen LogP contribution in [0, 0.1) is 94.1 Å². The van der Waals surface area contributed by atoms with E-state index in [1.165, 1.54) is 161 Å². The maximum absolute atomic E-state index is 13.2. The quantitative estimate of drug-likeness (QED) is 0.0145. The number of rotatable bonds is 24. The van der Waals surface area contributed by atoms with Crippen molar-refractivity contribution in [2.45, 2.75) is 197 Å². The van der Waals surface area contributed by atoms with E-state index in [9.17, 15) is 96.1 Å². The van der Waals surface area contributed by atoms with E-state index in [1.54, 1.807) is 141 Å². The van der Waals surface area contributed by atoms with E-state index in [0.717, 1.165) is 125 Å². The van der Waals surface area contributed by atoms with Crippen LogP contribution >= 0.6 is 0 Å². The van der Waals surface area contributed by atoms with Crippen molar-refractivity contribution in [3.8, 4) is 0 Å². The lowest BCUT2D eigenvalue weighted by molar-refractivity contribution is -0.145. The maximum Gasteiger partial charge on any atom is 0.313 e. The van der Waals surface area contributed by atoms with Crippen LogP contribution in [0.3, 0.4) is 0 Å². The first-order valence-electron chi connectivity index (χ1n) is 47.1. The molecule has 12 aromatic rings. The predicted octanol–water partition coefficient (Wildman–Crippen LogP) is 26.7. The predicted molar refractivity (Wildman–Crippen MR) is 537 cm³/mol. The number of carboxylic acids is 1. The van der Waals surface area contributed by atoms with E-state index in [0.29, 0.717) is 86.5 Å². The van der Waals surface area contributed by atoms with Gasteiger partial charge in [-0.2, -0.15) is 0 Å². The van der Waals surface area contributed by atoms with Gasteiger partial charge >= 0.3 is 11.9 Å². The van der Waals surface area contributed by atoms with Crippen LogP contribution in [0.25, 0.3) is 10.4 Å². The molecule has 3 aliphatic rings. The molecule has 0 saturated carbocycles. The number of Topliss-reactive ketones (excluding diaryl/α,β-unsaturated/α-hetero) is 5. The van der Waals surface area contributed by atoms with Crippen LogP contribution in [0.5, 0.6) is 0 Å². The minimum atomic E-state index is -1.13. The van der Waals surface area contributed by atoms with Crippen molar-refractivity contribution in [2.75, 3.05) is 13.2 Å². The Morgan fingerprint density at radius 1 is 0.444 bits per heavy atom. The zero-order chi connectivity index (χ0) is 107. The van der Waals surface area contributed by atoms with Crippen molar-refractivity contribution in [1.82, 2.24) is 0 Å². The molecule has 0 aliphatic heterocycles. The van der Waals surface area contributed by atoms with E-state index in [2.05, 4.69) is 17.8 Å². The summed E-state index contributed by atoms with van der Waals surface area (Å²) < 4.78 is 156. The number of ether oxygens (including phenoxy) is 1. The molecular weight excluding hydrogens is 1870 g/mol. The summed E-state index contributed by atoms with van der Waals surface area (Å²) in [5.74, 6) is -5.50. The molecule has 26 heteroatoms. The van der Waals surface area contributed by atoms with Gasteiger partial charge < -0.3 is 30.0 Å². The van der Waals surface area contributed by atoms with Crippen LogP contribution < -0.4 is 0 Å². The summed E-state index contributed by atoms with van der Waals surface area (Å²) >= 11 is 0. The van der Waals surface area contributed by atoms with E-state index in [4.69, 9.17) is 26.6 Å². The second kappa shape index (κ2) is 67.4. The number of nitrogens with zero attached hydrogens (tertiary/aromatic N) is 1. The molecule has 764 valence electrons. The lowest BCUT2D eigenvalue weighted by Gasteiger charge is -2.38. The first kappa shape index (κ1) is 122. The number of fused-ring (bicyclic) bond motifs is 3. The molecule has 3 atom stereocenters. The van der Waals surface area contributed by atoms with Crippen molar-refractivity contribution in [2.24, 2.45) is 17.8 Å². The summed E-state index contributed by atoms with van der Waals surface area (Å²) in [7, 11) is 0. The fraction of sp³-hybridized carbons (Fsp3) is 0.297. The highest BCUT2D eigenvalue weighted by molar-refractivity contribution is 6.00. The highest BCUT2D eigenvalue weighted by Gasteiger charge is 2.41. The topological polar surface area (TPSA) is 231 Å². The van der Waals surface area contributed by atoms with Crippen molar-refractivity contribution in [1.29, 1.82) is 0 Å². The molecule has 12 aromatic carbocycles. The number of halogens is 12. The summed E-state index contributed by atoms with van der Waals surface area (Å²) in [6.07, 6.45) is 14.8. The summed E-state index contributed by atoms with van der Waals surface area (Å²) in [6.45, 7) is 22.4. The van der Waals surface area contributed by atoms with Gasteiger partial charge in [-0.25, -0.2) is 59.3 Å². The van der Waals surface area contributed by atoms with Crippen LogP contribution in [0.15, 0.2) is 279 Å². The van der Waals surface area contributed by atoms with Crippen LogP contribution in [-0.4, -0.2) is 80.8 Å². The van der Waals surface area contributed by atoms with Crippen molar-refractivity contribution < 1.29 is 116 Å². The maximum atomic E-state index is 13.2. The third kappa shape index (κ3) is 48.1. The number of benzene rings is 12. The Balaban J connectivity index is 0.000000330. The monoisotopic (exact) mass is 1990 g/mol. The lowest BCUT2D eigenvalue weighted by atomic mass is 9.71. The number of carbonyl (C=O) groups excluding carboxylic acids is 7. The Labute approximate surface area is 835 Å². The molecule has 3 unspecified atom stereocenters. The van der Waals surface area contributed by atoms with Crippen molar-refractivity contribution in [3.63, 3.8) is 0 Å². The highest BCUT2D eigenvalue weighted by Crippen LogP contribution is 2.42. The first-order valence-corrected chi connectivity index (χ1v) is 47.1. The molecule has 0 heterocycles. The van der Waals surface area contributed by atoms with Gasteiger partial charge in [0.2, 0.25) is 6.54 Å². The number of ketones is 5. The van der Waals surface area contributed by atoms with E-state index < -0.39 is 23.4 Å². The fourth-order valence-corrected chi connectivity index (χ4v) is 14.9. The Bertz CT molecular complexity index is 6030. The summed E-state index contributed by atoms with van der Waals surface area (Å²) in [5.41, 5.74) is 12.0. The Morgan fingerprint density at radius 3 is 1.27 bits per heavy atom. The minimum absolute atomic E-state index is 0.0373. The number of allylic oxidation sites excluding steroid dienone is 1. The van der Waals surface area contributed by atoms with Crippen LogP contribution in [0.4, 0.5) is 52.7 Å². The van der Waals surface area contributed by atoms with Crippen LogP contribution in [0.1, 0.15) is 213 Å². The molecule has 0 spiro atoms. The van der Waals surface area contributed by atoms with Gasteiger partial charge in [-0.3, -0.25) is 38.4 Å². The molecule has 144 heavy (non-hydrogen) atoms. The van der Waals surface area contributed by atoms with E-state index >= 15 is 0 Å². The number of aryl methyl sites for hydroxylation is 7. The number of hydrogen-bond donors (Lipinski definition) is 4. The average Bonchev–Trinajstić information content (AvgIpc) is 0.764. The summed E-state index contributed by atoms with van der Waals surface area (Å²) in [6, 6.07) is 69.3. The molecule has 0 fully saturated rings. The molecule has 4 N–H and O–H groups in total. The number of hydrogen-bond acceptors (Lipinski definition) is 12. The Hall–Kier alpha value is -14.1. The average molecular weight is 1990 g/mol. The number of aliphatic hydroxyl groups excluding tert-OH is 2. The smallest absolute Gasteiger partial charge is 0.313 e. The van der Waals surface area contributed by atoms with Gasteiger partial charge in [-0.1, -0.05) is 155 Å². The SMILES string of the molecule is CC(=O)C(C)C1(O)CCCc2cc(F)ccc21.CC(=O)C(CCc1cccc(F)c1)C(C)=O.CC(=O)Cc1cccc(F)c1.CCCc1cccc(F)c1.CCOC(=O)C(C)C1=CCCc2cc(F)ccc21.CCc1cccc(F)c1.O=C(O)CCCc1cccc(F)c1.O=C1CCCc2cc(F)ccc21.O=Cc1cccc(F)c1.OCCc1cccc(F)c1.OCc1cccc(F)c1.[C-]#[N+]Cc1cccc(F)c1. The van der Waals surface area contributed by atoms with E-state index in [1.807, 2.05) is 26.0 Å². The largest absolute Gasteiger partial charge is 0.481 e. The number of esters is 1. The zero-order valence-corrected chi connectivity index (χ0v) is 82.4. The molecule has 14 nitrogen and oxygen atoms in total. The van der Waals surface area contributed by atoms with Gasteiger partial charge in [0, 0.05) is 48.5 Å². The summed E-state index contributed by atoms with van der Waals surface area (Å²) in [4.78, 5) is 90.8. The normalized spacial score (nSPS) is 12.8. The number of carbonyl (C=O) groups is 8. The number of aliphatic carboxylic acids is 1. The molecule has 3 aliphatic carbocycles. The van der Waals surface area contributed by atoms with Gasteiger partial charge in [0.15, 0.2) is 5.78 Å². The molecule has 0 radical (unpaired) electrons. The fourth-order valence-electron chi connectivity index (χ4n) is 14.9. The second-order valence-corrected chi connectivity index (χ2v) is 33.7. The molecule has 0 amide bonds. The number of aldehydes is 1. The molecule has 0 aromatic heterocycles. The number of carboxylic acid groups (broad SMARTS) is 1. The van der Waals surface area contributed by atoms with Gasteiger partial charge in [-0.05, 0) is 355 Å².